The van der Waals surface area contributed by atoms with Crippen molar-refractivity contribution in [3.8, 4) is 0 Å². The molecule has 8 heteroatoms. The predicted octanol–water partition coefficient (Wildman–Crippen LogP) is 0.219. The van der Waals surface area contributed by atoms with Gasteiger partial charge in [-0.05, 0) is 19.9 Å². The summed E-state index contributed by atoms with van der Waals surface area (Å²) in [6.07, 6.45) is -3.81. The van der Waals surface area contributed by atoms with Crippen molar-refractivity contribution >= 4 is 11.8 Å². The number of halogens is 3. The molecule has 0 bridgehead atoms. The molecule has 0 saturated carbocycles. The summed E-state index contributed by atoms with van der Waals surface area (Å²) in [5.74, 6) is -1.93. The SMILES string of the molecule is CCN(CC(F)(F)F)C(=O)C(=O)N1CCCNCC1. The molecule has 2 amide bonds. The van der Waals surface area contributed by atoms with E-state index in [0.29, 0.717) is 31.0 Å². The van der Waals surface area contributed by atoms with E-state index in [9.17, 15) is 22.8 Å². The van der Waals surface area contributed by atoms with Crippen LogP contribution in [0.2, 0.25) is 0 Å². The van der Waals surface area contributed by atoms with Crippen molar-refractivity contribution in [3.05, 3.63) is 0 Å². The Morgan fingerprint density at radius 3 is 2.53 bits per heavy atom. The molecule has 1 rings (SSSR count). The molecule has 0 spiro atoms. The number of hydrogen-bond acceptors (Lipinski definition) is 3. The number of likely N-dealkylation sites (N-methyl/N-ethyl adjacent to an activating group) is 1. The van der Waals surface area contributed by atoms with Crippen molar-refractivity contribution in [2.24, 2.45) is 0 Å². The van der Waals surface area contributed by atoms with E-state index in [0.717, 1.165) is 6.54 Å². The minimum absolute atomic E-state index is 0.143. The van der Waals surface area contributed by atoms with Gasteiger partial charge in [0, 0.05) is 26.2 Å². The van der Waals surface area contributed by atoms with Gasteiger partial charge < -0.3 is 15.1 Å². The number of hydrogen-bond donors (Lipinski definition) is 1. The first-order valence-electron chi connectivity index (χ1n) is 6.21. The Morgan fingerprint density at radius 1 is 1.26 bits per heavy atom. The highest BCUT2D eigenvalue weighted by molar-refractivity contribution is 6.34. The standard InChI is InChI=1S/C11H18F3N3O2/c1-2-16(8-11(12,13)14)9(18)10(19)17-6-3-4-15-5-7-17/h15H,2-8H2,1H3. The topological polar surface area (TPSA) is 52.7 Å². The van der Waals surface area contributed by atoms with Crippen LogP contribution in [0.4, 0.5) is 13.2 Å². The third-order valence-corrected chi connectivity index (χ3v) is 2.85. The fourth-order valence-corrected chi connectivity index (χ4v) is 1.86. The van der Waals surface area contributed by atoms with E-state index in [1.54, 1.807) is 0 Å². The normalized spacial score (nSPS) is 16.9. The Hall–Kier alpha value is -1.31. The molecule has 0 atom stereocenters. The van der Waals surface area contributed by atoms with Crippen LogP contribution in [0.1, 0.15) is 13.3 Å². The molecule has 1 saturated heterocycles. The van der Waals surface area contributed by atoms with Gasteiger partial charge in [0.05, 0.1) is 0 Å². The third kappa shape index (κ3) is 5.06. The van der Waals surface area contributed by atoms with Gasteiger partial charge in [-0.1, -0.05) is 0 Å². The summed E-state index contributed by atoms with van der Waals surface area (Å²) in [6.45, 7) is 1.90. The first-order chi connectivity index (χ1) is 8.85. The smallest absolute Gasteiger partial charge is 0.333 e. The van der Waals surface area contributed by atoms with Gasteiger partial charge in [0.25, 0.3) is 0 Å². The van der Waals surface area contributed by atoms with E-state index in [2.05, 4.69) is 5.32 Å². The minimum atomic E-state index is -4.49. The van der Waals surface area contributed by atoms with Crippen LogP contribution in [0.3, 0.4) is 0 Å². The molecule has 110 valence electrons. The maximum Gasteiger partial charge on any atom is 0.406 e. The van der Waals surface area contributed by atoms with Crippen LogP contribution in [0.15, 0.2) is 0 Å². The second-order valence-corrected chi connectivity index (χ2v) is 4.33. The highest BCUT2D eigenvalue weighted by Crippen LogP contribution is 2.16. The molecule has 0 aromatic carbocycles. The summed E-state index contributed by atoms with van der Waals surface area (Å²) in [4.78, 5) is 25.5. The molecule has 1 aliphatic rings. The Kier molecular flexibility index (Phi) is 5.59. The first kappa shape index (κ1) is 15.7. The average Bonchev–Trinajstić information content (AvgIpc) is 2.61. The molecule has 19 heavy (non-hydrogen) atoms. The number of alkyl halides is 3. The molecule has 1 heterocycles. The fourth-order valence-electron chi connectivity index (χ4n) is 1.86. The largest absolute Gasteiger partial charge is 0.406 e. The predicted molar refractivity (Wildman–Crippen MR) is 62.4 cm³/mol. The first-order valence-corrected chi connectivity index (χ1v) is 6.21. The van der Waals surface area contributed by atoms with Gasteiger partial charge in [-0.15, -0.1) is 0 Å². The van der Waals surface area contributed by atoms with E-state index in [-0.39, 0.29) is 6.54 Å². The van der Waals surface area contributed by atoms with Crippen molar-refractivity contribution in [1.29, 1.82) is 0 Å². The quantitative estimate of drug-likeness (QED) is 0.737. The molecule has 0 aliphatic carbocycles. The van der Waals surface area contributed by atoms with Crippen LogP contribution in [-0.2, 0) is 9.59 Å². The van der Waals surface area contributed by atoms with Gasteiger partial charge >= 0.3 is 18.0 Å². The number of amides is 2. The molecule has 5 nitrogen and oxygen atoms in total. The van der Waals surface area contributed by atoms with Gasteiger partial charge in [-0.25, -0.2) is 0 Å². The van der Waals surface area contributed by atoms with E-state index in [4.69, 9.17) is 0 Å². The second kappa shape index (κ2) is 6.74. The lowest BCUT2D eigenvalue weighted by molar-refractivity contribution is -0.167. The highest BCUT2D eigenvalue weighted by atomic mass is 19.4. The molecule has 1 fully saturated rings. The lowest BCUT2D eigenvalue weighted by atomic mass is 10.3. The zero-order valence-electron chi connectivity index (χ0n) is 10.8. The van der Waals surface area contributed by atoms with Gasteiger partial charge in [-0.3, -0.25) is 9.59 Å². The highest BCUT2D eigenvalue weighted by Gasteiger charge is 2.35. The van der Waals surface area contributed by atoms with Crippen LogP contribution in [0.25, 0.3) is 0 Å². The lowest BCUT2D eigenvalue weighted by Crippen LogP contribution is -2.48. The molecule has 0 aromatic heterocycles. The summed E-state index contributed by atoms with van der Waals surface area (Å²) in [7, 11) is 0. The number of rotatable bonds is 2. The van der Waals surface area contributed by atoms with E-state index in [1.807, 2.05) is 0 Å². The molecular formula is C11H18F3N3O2. The van der Waals surface area contributed by atoms with Crippen molar-refractivity contribution in [2.75, 3.05) is 39.3 Å². The Balaban J connectivity index is 2.65. The van der Waals surface area contributed by atoms with Crippen LogP contribution in [-0.4, -0.2) is 67.1 Å². The minimum Gasteiger partial charge on any atom is -0.333 e. The van der Waals surface area contributed by atoms with Crippen molar-refractivity contribution in [2.45, 2.75) is 19.5 Å². The molecular weight excluding hydrogens is 263 g/mol. The summed E-state index contributed by atoms with van der Waals surface area (Å²) in [6, 6.07) is 0. The Bertz CT molecular complexity index is 326. The van der Waals surface area contributed by atoms with Gasteiger partial charge in [0.1, 0.15) is 6.54 Å². The maximum atomic E-state index is 12.3. The zero-order valence-corrected chi connectivity index (χ0v) is 10.8. The molecule has 0 radical (unpaired) electrons. The van der Waals surface area contributed by atoms with E-state index in [1.165, 1.54) is 11.8 Å². The van der Waals surface area contributed by atoms with Crippen molar-refractivity contribution in [1.82, 2.24) is 15.1 Å². The van der Waals surface area contributed by atoms with E-state index < -0.39 is 24.5 Å². The monoisotopic (exact) mass is 281 g/mol. The van der Waals surface area contributed by atoms with Crippen LogP contribution in [0, 0.1) is 0 Å². The Labute approximate surface area is 109 Å². The summed E-state index contributed by atoms with van der Waals surface area (Å²) >= 11 is 0. The second-order valence-electron chi connectivity index (χ2n) is 4.33. The zero-order chi connectivity index (χ0) is 14.5. The van der Waals surface area contributed by atoms with Crippen LogP contribution < -0.4 is 5.32 Å². The molecule has 1 N–H and O–H groups in total. The van der Waals surface area contributed by atoms with Gasteiger partial charge in [0.15, 0.2) is 0 Å². The van der Waals surface area contributed by atoms with Crippen molar-refractivity contribution in [3.63, 3.8) is 0 Å². The molecule has 1 aliphatic heterocycles. The third-order valence-electron chi connectivity index (χ3n) is 2.85. The molecule has 0 unspecified atom stereocenters. The van der Waals surface area contributed by atoms with Crippen LogP contribution in [0.5, 0.6) is 0 Å². The van der Waals surface area contributed by atoms with Crippen LogP contribution >= 0.6 is 0 Å². The van der Waals surface area contributed by atoms with Gasteiger partial charge in [0.2, 0.25) is 0 Å². The average molecular weight is 281 g/mol. The summed E-state index contributed by atoms with van der Waals surface area (Å²) in [5, 5.41) is 3.05. The number of carbonyl (C=O) groups is 2. The lowest BCUT2D eigenvalue weighted by Gasteiger charge is -2.25. The summed E-state index contributed by atoms with van der Waals surface area (Å²) in [5.41, 5.74) is 0. The number of nitrogens with zero attached hydrogens (tertiary/aromatic N) is 2. The van der Waals surface area contributed by atoms with Gasteiger partial charge in [-0.2, -0.15) is 13.2 Å². The number of nitrogens with one attached hydrogen (secondary N) is 1. The van der Waals surface area contributed by atoms with Crippen molar-refractivity contribution < 1.29 is 22.8 Å². The Morgan fingerprint density at radius 2 is 1.95 bits per heavy atom. The van der Waals surface area contributed by atoms with E-state index >= 15 is 0 Å². The number of carbonyl (C=O) groups excluding carboxylic acids is 2. The summed E-state index contributed by atoms with van der Waals surface area (Å²) < 4.78 is 36.9. The fraction of sp³-hybridized carbons (Fsp3) is 0.818. The maximum absolute atomic E-state index is 12.3. The molecule has 0 aromatic rings.